The van der Waals surface area contributed by atoms with E-state index in [-0.39, 0.29) is 11.5 Å². The van der Waals surface area contributed by atoms with E-state index in [1.165, 1.54) is 5.56 Å². The number of hydrogen-bond donors (Lipinski definition) is 1. The fourth-order valence-electron chi connectivity index (χ4n) is 3.10. The van der Waals surface area contributed by atoms with Crippen molar-refractivity contribution in [2.75, 3.05) is 26.2 Å². The number of pyridine rings is 1. The third-order valence-corrected chi connectivity index (χ3v) is 4.61. The Morgan fingerprint density at radius 3 is 2.57 bits per heavy atom. The number of fused-ring (bicyclic) bond motifs is 1. The van der Waals surface area contributed by atoms with Gasteiger partial charge < -0.3 is 9.88 Å². The van der Waals surface area contributed by atoms with Gasteiger partial charge in [0.25, 0.3) is 5.56 Å². The van der Waals surface area contributed by atoms with Gasteiger partial charge in [-0.2, -0.15) is 0 Å². The number of aromatic nitrogens is 1. The van der Waals surface area contributed by atoms with Crippen LogP contribution in [0.25, 0.3) is 10.9 Å². The van der Waals surface area contributed by atoms with Gasteiger partial charge in [0, 0.05) is 50.7 Å². The van der Waals surface area contributed by atoms with Crippen LogP contribution in [0.3, 0.4) is 0 Å². The lowest BCUT2D eigenvalue weighted by molar-refractivity contribution is -0.130. The predicted molar refractivity (Wildman–Crippen MR) is 91.5 cm³/mol. The highest BCUT2D eigenvalue weighted by molar-refractivity contribution is 5.79. The van der Waals surface area contributed by atoms with E-state index in [2.05, 4.69) is 28.9 Å². The molecule has 1 amide bonds. The number of nitrogens with one attached hydrogen (secondary N) is 1. The number of benzene rings is 1. The molecule has 1 fully saturated rings. The summed E-state index contributed by atoms with van der Waals surface area (Å²) in [6, 6.07) is 8.18. The van der Waals surface area contributed by atoms with Gasteiger partial charge in [-0.1, -0.05) is 13.0 Å². The second-order valence-corrected chi connectivity index (χ2v) is 6.18. The Kier molecular flexibility index (Phi) is 4.48. The summed E-state index contributed by atoms with van der Waals surface area (Å²) >= 11 is 0. The Hall–Kier alpha value is -2.14. The van der Waals surface area contributed by atoms with E-state index in [0.29, 0.717) is 6.54 Å². The van der Waals surface area contributed by atoms with Crippen molar-refractivity contribution in [3.63, 3.8) is 0 Å². The van der Waals surface area contributed by atoms with Gasteiger partial charge in [-0.25, -0.2) is 0 Å². The highest BCUT2D eigenvalue weighted by Crippen LogP contribution is 2.15. The molecule has 2 aromatic rings. The third-order valence-electron chi connectivity index (χ3n) is 4.61. The monoisotopic (exact) mass is 313 g/mol. The van der Waals surface area contributed by atoms with E-state index in [1.54, 1.807) is 6.92 Å². The Labute approximate surface area is 135 Å². The number of carbonyl (C=O) groups is 1. The fourth-order valence-corrected chi connectivity index (χ4v) is 3.10. The second kappa shape index (κ2) is 6.54. The number of amides is 1. The van der Waals surface area contributed by atoms with Crippen molar-refractivity contribution >= 4 is 16.8 Å². The minimum atomic E-state index is -0.0178. The zero-order chi connectivity index (χ0) is 16.4. The summed E-state index contributed by atoms with van der Waals surface area (Å²) in [5, 5.41) is 1.08. The molecule has 1 aromatic carbocycles. The van der Waals surface area contributed by atoms with Crippen LogP contribution >= 0.6 is 0 Å². The normalized spacial score (nSPS) is 16.0. The summed E-state index contributed by atoms with van der Waals surface area (Å²) in [4.78, 5) is 30.7. The molecule has 0 saturated carbocycles. The summed E-state index contributed by atoms with van der Waals surface area (Å²) in [6.07, 6.45) is 0.984. The summed E-state index contributed by atoms with van der Waals surface area (Å²) < 4.78 is 0. The SMILES string of the molecule is CCc1ccc2[nH]c(=O)c(CN3CCN(C(C)=O)CC3)cc2c1. The molecule has 0 aliphatic carbocycles. The first-order valence-corrected chi connectivity index (χ1v) is 8.19. The molecule has 1 saturated heterocycles. The van der Waals surface area contributed by atoms with E-state index in [0.717, 1.165) is 49.1 Å². The summed E-state index contributed by atoms with van der Waals surface area (Å²) in [5.74, 6) is 0.125. The van der Waals surface area contributed by atoms with Gasteiger partial charge in [-0.15, -0.1) is 0 Å². The highest BCUT2D eigenvalue weighted by atomic mass is 16.2. The van der Waals surface area contributed by atoms with Crippen LogP contribution < -0.4 is 5.56 Å². The molecule has 0 atom stereocenters. The minimum absolute atomic E-state index is 0.0178. The number of aryl methyl sites for hydroxylation is 1. The van der Waals surface area contributed by atoms with Crippen molar-refractivity contribution < 1.29 is 4.79 Å². The molecule has 0 bridgehead atoms. The van der Waals surface area contributed by atoms with E-state index in [9.17, 15) is 9.59 Å². The number of hydrogen-bond acceptors (Lipinski definition) is 3. The van der Waals surface area contributed by atoms with Crippen molar-refractivity contribution in [3.8, 4) is 0 Å². The molecule has 1 N–H and O–H groups in total. The first kappa shape index (κ1) is 15.7. The van der Waals surface area contributed by atoms with Crippen LogP contribution in [0, 0.1) is 0 Å². The molecule has 122 valence electrons. The van der Waals surface area contributed by atoms with Crippen LogP contribution in [-0.4, -0.2) is 46.9 Å². The second-order valence-electron chi connectivity index (χ2n) is 6.18. The fraction of sp³-hybridized carbons (Fsp3) is 0.444. The molecule has 5 heteroatoms. The van der Waals surface area contributed by atoms with Crippen LogP contribution in [0.1, 0.15) is 25.0 Å². The molecule has 1 aliphatic rings. The number of rotatable bonds is 3. The summed E-state index contributed by atoms with van der Waals surface area (Å²) in [6.45, 7) is 7.46. The Balaban J connectivity index is 1.79. The van der Waals surface area contributed by atoms with Gasteiger partial charge in [0.05, 0.1) is 0 Å². The molecule has 2 heterocycles. The Morgan fingerprint density at radius 1 is 1.17 bits per heavy atom. The van der Waals surface area contributed by atoms with E-state index >= 15 is 0 Å². The highest BCUT2D eigenvalue weighted by Gasteiger charge is 2.19. The minimum Gasteiger partial charge on any atom is -0.340 e. The van der Waals surface area contributed by atoms with Gasteiger partial charge in [0.2, 0.25) is 5.91 Å². The Morgan fingerprint density at radius 2 is 1.91 bits per heavy atom. The smallest absolute Gasteiger partial charge is 0.252 e. The first-order chi connectivity index (χ1) is 11.1. The molecule has 0 radical (unpaired) electrons. The molecular weight excluding hydrogens is 290 g/mol. The van der Waals surface area contributed by atoms with Crippen molar-refractivity contribution in [3.05, 3.63) is 45.7 Å². The molecule has 1 aromatic heterocycles. The lowest BCUT2D eigenvalue weighted by Gasteiger charge is -2.34. The molecule has 23 heavy (non-hydrogen) atoms. The molecule has 3 rings (SSSR count). The lowest BCUT2D eigenvalue weighted by Crippen LogP contribution is -2.47. The van der Waals surface area contributed by atoms with Crippen LogP contribution in [0.4, 0.5) is 0 Å². The zero-order valence-electron chi connectivity index (χ0n) is 13.8. The number of aromatic amines is 1. The largest absolute Gasteiger partial charge is 0.340 e. The van der Waals surface area contributed by atoms with Crippen LogP contribution in [-0.2, 0) is 17.8 Å². The van der Waals surface area contributed by atoms with Crippen molar-refractivity contribution in [2.24, 2.45) is 0 Å². The maximum Gasteiger partial charge on any atom is 0.252 e. The molecule has 0 unspecified atom stereocenters. The summed E-state index contributed by atoms with van der Waals surface area (Å²) in [7, 11) is 0. The van der Waals surface area contributed by atoms with Crippen molar-refractivity contribution in [1.29, 1.82) is 0 Å². The third kappa shape index (κ3) is 3.45. The van der Waals surface area contributed by atoms with Crippen LogP contribution in [0.2, 0.25) is 0 Å². The molecular formula is C18H23N3O2. The lowest BCUT2D eigenvalue weighted by atomic mass is 10.1. The Bertz CT molecular complexity index is 773. The van der Waals surface area contributed by atoms with E-state index in [1.807, 2.05) is 17.0 Å². The van der Waals surface area contributed by atoms with Gasteiger partial charge in [0.1, 0.15) is 0 Å². The van der Waals surface area contributed by atoms with Gasteiger partial charge in [-0.05, 0) is 35.6 Å². The number of piperazine rings is 1. The quantitative estimate of drug-likeness (QED) is 0.939. The van der Waals surface area contributed by atoms with Crippen molar-refractivity contribution in [1.82, 2.24) is 14.8 Å². The van der Waals surface area contributed by atoms with E-state index < -0.39 is 0 Å². The topological polar surface area (TPSA) is 56.4 Å². The maximum atomic E-state index is 12.3. The van der Waals surface area contributed by atoms with Gasteiger partial charge >= 0.3 is 0 Å². The maximum absolute atomic E-state index is 12.3. The molecule has 0 spiro atoms. The van der Waals surface area contributed by atoms with Crippen molar-refractivity contribution in [2.45, 2.75) is 26.8 Å². The predicted octanol–water partition coefficient (Wildman–Crippen LogP) is 1.75. The van der Waals surface area contributed by atoms with Crippen LogP contribution in [0.15, 0.2) is 29.1 Å². The van der Waals surface area contributed by atoms with Crippen LogP contribution in [0.5, 0.6) is 0 Å². The van der Waals surface area contributed by atoms with Gasteiger partial charge in [0.15, 0.2) is 0 Å². The number of H-pyrrole nitrogens is 1. The average molecular weight is 313 g/mol. The standard InChI is InChI=1S/C18H23N3O2/c1-3-14-4-5-17-15(10-14)11-16(18(23)19-17)12-20-6-8-21(9-7-20)13(2)22/h4-5,10-11H,3,6-9,12H2,1-2H3,(H,19,23). The number of nitrogens with zero attached hydrogens (tertiary/aromatic N) is 2. The first-order valence-electron chi connectivity index (χ1n) is 8.19. The zero-order valence-corrected chi connectivity index (χ0v) is 13.8. The van der Waals surface area contributed by atoms with Gasteiger partial charge in [-0.3, -0.25) is 14.5 Å². The average Bonchev–Trinajstić information content (AvgIpc) is 2.55. The number of carbonyl (C=O) groups excluding carboxylic acids is 1. The summed E-state index contributed by atoms with van der Waals surface area (Å²) in [5.41, 5.74) is 2.93. The molecule has 1 aliphatic heterocycles. The van der Waals surface area contributed by atoms with E-state index in [4.69, 9.17) is 0 Å². The molecule has 5 nitrogen and oxygen atoms in total.